The number of ether oxygens (including phenoxy) is 1. The molecule has 104 valence electrons. The first-order valence-corrected chi connectivity index (χ1v) is 7.61. The molecule has 0 aliphatic heterocycles. The van der Waals surface area contributed by atoms with Crippen LogP contribution in [0.1, 0.15) is 27.2 Å². The van der Waals surface area contributed by atoms with Crippen molar-refractivity contribution in [2.45, 2.75) is 38.8 Å². The van der Waals surface area contributed by atoms with Crippen molar-refractivity contribution in [3.8, 4) is 0 Å². The molecule has 0 heterocycles. The number of nitrogens with one attached hydrogen (secondary N) is 1. The Bertz CT molecular complexity index is 295. The van der Waals surface area contributed by atoms with Gasteiger partial charge in [-0.3, -0.25) is 0 Å². The summed E-state index contributed by atoms with van der Waals surface area (Å²) < 4.78 is 28.0. The lowest BCUT2D eigenvalue weighted by atomic mass is 10.1. The van der Waals surface area contributed by atoms with E-state index in [1.54, 1.807) is 0 Å². The fourth-order valence-corrected chi connectivity index (χ4v) is 2.71. The molecule has 0 aliphatic carbocycles. The molecule has 17 heavy (non-hydrogen) atoms. The number of aliphatic hydroxyl groups excluding tert-OH is 1. The van der Waals surface area contributed by atoms with Gasteiger partial charge in [0.15, 0.2) is 9.84 Å². The standard InChI is InChI=1S/C11H25NO4S/c1-11(2,3)12-8-10(13)9-17(14,15)7-5-6-16-4/h10,12-13H,5-9H2,1-4H3. The first-order chi connectivity index (χ1) is 7.66. The van der Waals surface area contributed by atoms with Crippen LogP contribution in [0.15, 0.2) is 0 Å². The van der Waals surface area contributed by atoms with E-state index >= 15 is 0 Å². The minimum Gasteiger partial charge on any atom is -0.391 e. The molecule has 1 unspecified atom stereocenters. The molecule has 0 spiro atoms. The fraction of sp³-hybridized carbons (Fsp3) is 1.00. The van der Waals surface area contributed by atoms with Crippen molar-refractivity contribution in [2.75, 3.05) is 31.8 Å². The van der Waals surface area contributed by atoms with Crippen LogP contribution in [0.25, 0.3) is 0 Å². The lowest BCUT2D eigenvalue weighted by Crippen LogP contribution is -2.43. The fourth-order valence-electron chi connectivity index (χ4n) is 1.28. The van der Waals surface area contributed by atoms with Crippen molar-refractivity contribution in [1.82, 2.24) is 5.32 Å². The van der Waals surface area contributed by atoms with E-state index in [0.29, 0.717) is 13.0 Å². The van der Waals surface area contributed by atoms with E-state index in [4.69, 9.17) is 4.74 Å². The van der Waals surface area contributed by atoms with Crippen molar-refractivity contribution in [3.63, 3.8) is 0 Å². The summed E-state index contributed by atoms with van der Waals surface area (Å²) in [6, 6.07) is 0. The highest BCUT2D eigenvalue weighted by atomic mass is 32.2. The number of methoxy groups -OCH3 is 1. The molecule has 0 aromatic rings. The van der Waals surface area contributed by atoms with Gasteiger partial charge in [0.1, 0.15) is 0 Å². The van der Waals surface area contributed by atoms with Crippen molar-refractivity contribution in [3.05, 3.63) is 0 Å². The average molecular weight is 267 g/mol. The molecule has 0 amide bonds. The van der Waals surface area contributed by atoms with Crippen LogP contribution in [0, 0.1) is 0 Å². The van der Waals surface area contributed by atoms with Crippen LogP contribution in [-0.4, -0.2) is 56.9 Å². The zero-order valence-corrected chi connectivity index (χ0v) is 12.0. The Labute approximate surface area is 104 Å². The van der Waals surface area contributed by atoms with Gasteiger partial charge in [0, 0.05) is 25.8 Å². The van der Waals surface area contributed by atoms with E-state index < -0.39 is 15.9 Å². The highest BCUT2D eigenvalue weighted by Crippen LogP contribution is 2.01. The number of hydrogen-bond donors (Lipinski definition) is 2. The van der Waals surface area contributed by atoms with Crippen molar-refractivity contribution in [2.24, 2.45) is 0 Å². The summed E-state index contributed by atoms with van der Waals surface area (Å²) in [6.07, 6.45) is -0.389. The number of sulfone groups is 1. The zero-order chi connectivity index (χ0) is 13.5. The summed E-state index contributed by atoms with van der Waals surface area (Å²) in [5.41, 5.74) is -0.124. The van der Waals surface area contributed by atoms with Crippen molar-refractivity contribution >= 4 is 9.84 Å². The first kappa shape index (κ1) is 16.8. The molecule has 6 heteroatoms. The molecular formula is C11H25NO4S. The van der Waals surface area contributed by atoms with Crippen LogP contribution in [0.5, 0.6) is 0 Å². The SMILES string of the molecule is COCCCS(=O)(=O)CC(O)CNC(C)(C)C. The molecule has 0 radical (unpaired) electrons. The maximum Gasteiger partial charge on any atom is 0.152 e. The van der Waals surface area contributed by atoms with Crippen molar-refractivity contribution < 1.29 is 18.3 Å². The molecule has 2 N–H and O–H groups in total. The van der Waals surface area contributed by atoms with Crippen LogP contribution >= 0.6 is 0 Å². The predicted octanol–water partition coefficient (Wildman–Crippen LogP) is 0.187. The summed E-state index contributed by atoms with van der Waals surface area (Å²) in [5.74, 6) is -0.132. The molecule has 0 aromatic heterocycles. The maximum atomic E-state index is 11.6. The minimum absolute atomic E-state index is 0.0629. The monoisotopic (exact) mass is 267 g/mol. The Morgan fingerprint density at radius 1 is 1.35 bits per heavy atom. The first-order valence-electron chi connectivity index (χ1n) is 5.79. The van der Waals surface area contributed by atoms with Crippen molar-refractivity contribution in [1.29, 1.82) is 0 Å². The van der Waals surface area contributed by atoms with Gasteiger partial charge in [-0.25, -0.2) is 8.42 Å². The molecule has 0 saturated carbocycles. The second-order valence-electron chi connectivity index (χ2n) is 5.25. The van der Waals surface area contributed by atoms with Gasteiger partial charge in [-0.1, -0.05) is 0 Å². The molecule has 0 bridgehead atoms. The van der Waals surface area contributed by atoms with Gasteiger partial charge in [-0.2, -0.15) is 0 Å². The number of β-amino-alcohol motifs (C(OH)–C–C–N with tert-alkyl or cyclic N) is 1. The number of aliphatic hydroxyl groups is 1. The van der Waals surface area contributed by atoms with Gasteiger partial charge in [-0.15, -0.1) is 0 Å². The molecule has 0 aliphatic rings. The van der Waals surface area contributed by atoms with E-state index in [2.05, 4.69) is 5.32 Å². The molecule has 0 saturated heterocycles. The zero-order valence-electron chi connectivity index (χ0n) is 11.2. The Morgan fingerprint density at radius 2 is 1.94 bits per heavy atom. The lowest BCUT2D eigenvalue weighted by molar-refractivity contribution is 0.181. The van der Waals surface area contributed by atoms with E-state index in [0.717, 1.165) is 0 Å². The molecule has 0 aromatic carbocycles. The summed E-state index contributed by atoms with van der Waals surface area (Å²) in [5, 5.41) is 12.7. The van der Waals surface area contributed by atoms with E-state index in [1.165, 1.54) is 7.11 Å². The van der Waals surface area contributed by atoms with Gasteiger partial charge < -0.3 is 15.2 Å². The maximum absolute atomic E-state index is 11.6. The molecule has 1 atom stereocenters. The van der Waals surface area contributed by atoms with Gasteiger partial charge in [0.05, 0.1) is 17.6 Å². The molecular weight excluding hydrogens is 242 g/mol. The Hall–Kier alpha value is -0.170. The highest BCUT2D eigenvalue weighted by Gasteiger charge is 2.19. The van der Waals surface area contributed by atoms with Crippen LogP contribution in [0.2, 0.25) is 0 Å². The Morgan fingerprint density at radius 3 is 2.41 bits per heavy atom. The molecule has 0 fully saturated rings. The van der Waals surface area contributed by atoms with Crippen LogP contribution in [-0.2, 0) is 14.6 Å². The van der Waals surface area contributed by atoms with Crippen LogP contribution in [0.4, 0.5) is 0 Å². The van der Waals surface area contributed by atoms with Crippen LogP contribution in [0.3, 0.4) is 0 Å². The van der Waals surface area contributed by atoms with Gasteiger partial charge in [0.2, 0.25) is 0 Å². The minimum atomic E-state index is -3.19. The van der Waals surface area contributed by atoms with Gasteiger partial charge in [-0.05, 0) is 27.2 Å². The second-order valence-corrected chi connectivity index (χ2v) is 7.47. The van der Waals surface area contributed by atoms with Gasteiger partial charge in [0.25, 0.3) is 0 Å². The normalized spacial score (nSPS) is 14.9. The predicted molar refractivity (Wildman–Crippen MR) is 68.9 cm³/mol. The second kappa shape index (κ2) is 7.31. The summed E-state index contributed by atoms with van der Waals surface area (Å²) >= 11 is 0. The third-order valence-electron chi connectivity index (χ3n) is 2.12. The summed E-state index contributed by atoms with van der Waals surface area (Å²) in [4.78, 5) is 0. The van der Waals surface area contributed by atoms with E-state index in [9.17, 15) is 13.5 Å². The molecule has 5 nitrogen and oxygen atoms in total. The molecule has 0 rings (SSSR count). The van der Waals surface area contributed by atoms with E-state index in [-0.39, 0.29) is 23.6 Å². The third-order valence-corrected chi connectivity index (χ3v) is 3.92. The number of hydrogen-bond acceptors (Lipinski definition) is 5. The number of rotatable bonds is 8. The highest BCUT2D eigenvalue weighted by molar-refractivity contribution is 7.91. The van der Waals surface area contributed by atoms with Gasteiger partial charge >= 0.3 is 0 Å². The van der Waals surface area contributed by atoms with Crippen LogP contribution < -0.4 is 5.32 Å². The Balaban J connectivity index is 3.97. The smallest absolute Gasteiger partial charge is 0.152 e. The lowest BCUT2D eigenvalue weighted by Gasteiger charge is -2.22. The summed E-state index contributed by atoms with van der Waals surface area (Å²) in [6.45, 7) is 6.61. The van der Waals surface area contributed by atoms with E-state index in [1.807, 2.05) is 20.8 Å². The largest absolute Gasteiger partial charge is 0.391 e. The quantitative estimate of drug-likeness (QED) is 0.614. The third kappa shape index (κ3) is 10.7. The average Bonchev–Trinajstić information content (AvgIpc) is 2.13. The summed E-state index contributed by atoms with van der Waals surface area (Å²) in [7, 11) is -1.65. The topological polar surface area (TPSA) is 75.6 Å². The Kier molecular flexibility index (Phi) is 7.23.